The highest BCUT2D eigenvalue weighted by Crippen LogP contribution is 2.41. The second-order valence-electron chi connectivity index (χ2n) is 6.89. The van der Waals surface area contributed by atoms with Crippen LogP contribution in [0.2, 0.25) is 0 Å². The van der Waals surface area contributed by atoms with Crippen LogP contribution >= 0.6 is 11.8 Å². The van der Waals surface area contributed by atoms with Crippen LogP contribution in [0.15, 0.2) is 12.1 Å². The van der Waals surface area contributed by atoms with Crippen LogP contribution in [-0.2, 0) is 4.74 Å². The van der Waals surface area contributed by atoms with Gasteiger partial charge in [-0.05, 0) is 12.8 Å². The van der Waals surface area contributed by atoms with Crippen LogP contribution < -0.4 is 15.1 Å². The van der Waals surface area contributed by atoms with Crippen molar-refractivity contribution in [3.63, 3.8) is 0 Å². The number of rotatable bonds is 4. The number of fused-ring (bicyclic) bond motifs is 2. The fraction of sp³-hybridized carbons (Fsp3) is 0.529. The molecule has 27 heavy (non-hydrogen) atoms. The number of halogens is 2. The van der Waals surface area contributed by atoms with Crippen LogP contribution in [0.25, 0.3) is 0 Å². The summed E-state index contributed by atoms with van der Waals surface area (Å²) >= 11 is 1.81. The molecule has 10 heteroatoms. The minimum absolute atomic E-state index is 0.0168. The highest BCUT2D eigenvalue weighted by Gasteiger charge is 2.40. The Morgan fingerprint density at radius 3 is 2.48 bits per heavy atom. The quantitative estimate of drug-likeness (QED) is 0.810. The number of hydrogen-bond donors (Lipinski definition) is 2. The van der Waals surface area contributed by atoms with Gasteiger partial charge in [0.2, 0.25) is 0 Å². The Bertz CT molecular complexity index is 742. The maximum Gasteiger partial charge on any atom is 0.414 e. The molecule has 3 aliphatic rings. The Hall–Kier alpha value is -2.23. The summed E-state index contributed by atoms with van der Waals surface area (Å²) in [6.07, 6.45) is -0.855. The lowest BCUT2D eigenvalue weighted by molar-refractivity contribution is 0.136. The molecule has 2 amide bonds. The predicted octanol–water partition coefficient (Wildman–Crippen LogP) is 2.64. The molecule has 3 atom stereocenters. The van der Waals surface area contributed by atoms with Crippen molar-refractivity contribution >= 4 is 35.3 Å². The van der Waals surface area contributed by atoms with Gasteiger partial charge in [-0.1, -0.05) is 0 Å². The molecule has 0 aliphatic carbocycles. The summed E-state index contributed by atoms with van der Waals surface area (Å²) in [4.78, 5) is 25.5. The van der Waals surface area contributed by atoms with Crippen molar-refractivity contribution in [1.82, 2.24) is 5.32 Å². The minimum atomic E-state index is -1.24. The summed E-state index contributed by atoms with van der Waals surface area (Å²) in [6.45, 7) is -0.0711. The van der Waals surface area contributed by atoms with Gasteiger partial charge in [0.25, 0.3) is 0 Å². The molecule has 3 saturated heterocycles. The number of benzene rings is 1. The van der Waals surface area contributed by atoms with E-state index >= 15 is 0 Å². The highest BCUT2D eigenvalue weighted by atomic mass is 32.2. The number of anilines is 2. The van der Waals surface area contributed by atoms with Crippen molar-refractivity contribution in [3.05, 3.63) is 23.8 Å². The lowest BCUT2D eigenvalue weighted by Crippen LogP contribution is -2.43. The predicted molar refractivity (Wildman–Crippen MR) is 96.6 cm³/mol. The van der Waals surface area contributed by atoms with E-state index in [1.165, 1.54) is 0 Å². The fourth-order valence-electron chi connectivity index (χ4n) is 3.99. The van der Waals surface area contributed by atoms with Gasteiger partial charge in [-0.15, -0.1) is 0 Å². The molecule has 1 aromatic rings. The number of nitrogens with one attached hydrogen (secondary N) is 1. The van der Waals surface area contributed by atoms with Gasteiger partial charge in [0.1, 0.15) is 11.8 Å². The Morgan fingerprint density at radius 2 is 1.89 bits per heavy atom. The molecule has 1 unspecified atom stereocenters. The van der Waals surface area contributed by atoms with Crippen molar-refractivity contribution in [1.29, 1.82) is 0 Å². The first-order valence-corrected chi connectivity index (χ1v) is 9.89. The van der Waals surface area contributed by atoms with Crippen molar-refractivity contribution in [2.24, 2.45) is 0 Å². The molecule has 4 rings (SSSR count). The smallest absolute Gasteiger partial charge is 0.414 e. The van der Waals surface area contributed by atoms with E-state index in [0.29, 0.717) is 0 Å². The number of nitrogens with zero attached hydrogens (tertiary/aromatic N) is 2. The Kier molecular flexibility index (Phi) is 4.75. The number of carbonyl (C=O) groups excluding carboxylic acids is 1. The van der Waals surface area contributed by atoms with Crippen LogP contribution in [0.5, 0.6) is 0 Å². The highest BCUT2D eigenvalue weighted by molar-refractivity contribution is 7.99. The summed E-state index contributed by atoms with van der Waals surface area (Å²) in [7, 11) is 0. The van der Waals surface area contributed by atoms with E-state index < -0.39 is 29.9 Å². The number of hydrogen-bond acceptors (Lipinski definition) is 5. The van der Waals surface area contributed by atoms with Crippen molar-refractivity contribution in [2.45, 2.75) is 31.0 Å². The van der Waals surface area contributed by atoms with E-state index in [-0.39, 0.29) is 36.5 Å². The molecule has 7 nitrogen and oxygen atoms in total. The van der Waals surface area contributed by atoms with Gasteiger partial charge in [-0.2, -0.15) is 11.8 Å². The standard InChI is InChI=1S/C17H19F2N3O4S/c18-13-3-11(21-6-12(26-17(21)25)5-20-16(23)24)4-14(19)15(13)22-9-1-2-10(22)8-27-7-9/h3-4,9-10,12,20H,1-2,5-8H2,(H,23,24)/t9-,10+,12?. The molecule has 3 fully saturated rings. The number of ether oxygens (including phenoxy) is 1. The first-order chi connectivity index (χ1) is 12.9. The van der Waals surface area contributed by atoms with Crippen LogP contribution in [-0.4, -0.2) is 60.1 Å². The average molecular weight is 399 g/mol. The Morgan fingerprint density at radius 1 is 1.26 bits per heavy atom. The molecule has 1 aromatic carbocycles. The van der Waals surface area contributed by atoms with Crippen LogP contribution in [0.3, 0.4) is 0 Å². The van der Waals surface area contributed by atoms with E-state index in [1.807, 2.05) is 16.7 Å². The van der Waals surface area contributed by atoms with Gasteiger partial charge >= 0.3 is 12.2 Å². The van der Waals surface area contributed by atoms with E-state index in [0.717, 1.165) is 41.4 Å². The summed E-state index contributed by atoms with van der Waals surface area (Å²) in [6, 6.07) is 2.56. The lowest BCUT2D eigenvalue weighted by atomic mass is 10.2. The molecular formula is C17H19F2N3O4S. The minimum Gasteiger partial charge on any atom is -0.465 e. The van der Waals surface area contributed by atoms with Crippen molar-refractivity contribution < 1.29 is 28.2 Å². The molecule has 3 heterocycles. The number of cyclic esters (lactones) is 1. The molecular weight excluding hydrogens is 380 g/mol. The summed E-state index contributed by atoms with van der Waals surface area (Å²) in [5.41, 5.74) is 0.0403. The maximum atomic E-state index is 14.8. The number of carbonyl (C=O) groups is 2. The summed E-state index contributed by atoms with van der Waals surface area (Å²) < 4.78 is 34.7. The number of thioether (sulfide) groups is 1. The van der Waals surface area contributed by atoms with Crippen molar-refractivity contribution in [2.75, 3.05) is 34.4 Å². The molecule has 2 N–H and O–H groups in total. The number of amides is 2. The number of carboxylic acid groups (broad SMARTS) is 1. The van der Waals surface area contributed by atoms with Crippen LogP contribution in [0.1, 0.15) is 12.8 Å². The second kappa shape index (κ2) is 7.06. The third kappa shape index (κ3) is 3.38. The largest absolute Gasteiger partial charge is 0.465 e. The molecule has 0 radical (unpaired) electrons. The van der Waals surface area contributed by atoms with Gasteiger partial charge < -0.3 is 20.1 Å². The first kappa shape index (κ1) is 18.1. The maximum absolute atomic E-state index is 14.8. The third-order valence-corrected chi connectivity index (χ3v) is 6.41. The van der Waals surface area contributed by atoms with E-state index in [1.54, 1.807) is 0 Å². The zero-order valence-electron chi connectivity index (χ0n) is 14.4. The molecule has 3 aliphatic heterocycles. The van der Waals surface area contributed by atoms with Crippen LogP contribution in [0.4, 0.5) is 29.7 Å². The SMILES string of the molecule is O=C(O)NCC1CN(c2cc(F)c(N3[C@@H]4CC[C@H]3CSC4)c(F)c2)C(=O)O1. The van der Waals surface area contributed by atoms with Crippen molar-refractivity contribution in [3.8, 4) is 0 Å². The van der Waals surface area contributed by atoms with Gasteiger partial charge in [0.05, 0.1) is 18.8 Å². The average Bonchev–Trinajstić information content (AvgIpc) is 3.08. The van der Waals surface area contributed by atoms with Gasteiger partial charge in [-0.25, -0.2) is 18.4 Å². The molecule has 0 aromatic heterocycles. The second-order valence-corrected chi connectivity index (χ2v) is 7.97. The van der Waals surface area contributed by atoms with E-state index in [2.05, 4.69) is 5.32 Å². The van der Waals surface area contributed by atoms with Gasteiger partial charge in [0, 0.05) is 35.7 Å². The lowest BCUT2D eigenvalue weighted by Gasteiger charge is -2.37. The summed E-state index contributed by atoms with van der Waals surface area (Å²) in [5, 5.41) is 10.8. The Labute approximate surface area is 158 Å². The van der Waals surface area contributed by atoms with Gasteiger partial charge in [-0.3, -0.25) is 4.90 Å². The first-order valence-electron chi connectivity index (χ1n) is 8.74. The monoisotopic (exact) mass is 399 g/mol. The zero-order valence-corrected chi connectivity index (χ0v) is 15.2. The van der Waals surface area contributed by atoms with E-state index in [4.69, 9.17) is 9.84 Å². The van der Waals surface area contributed by atoms with E-state index in [9.17, 15) is 18.4 Å². The molecule has 0 spiro atoms. The normalized spacial score (nSPS) is 27.0. The fourth-order valence-corrected chi connectivity index (χ4v) is 5.32. The summed E-state index contributed by atoms with van der Waals surface area (Å²) in [5.74, 6) is 0.309. The molecule has 146 valence electrons. The topological polar surface area (TPSA) is 82.1 Å². The molecule has 0 saturated carbocycles. The zero-order chi connectivity index (χ0) is 19.1. The van der Waals surface area contributed by atoms with Gasteiger partial charge in [0.15, 0.2) is 11.6 Å². The Balaban J connectivity index is 1.55. The third-order valence-electron chi connectivity index (χ3n) is 5.17. The molecule has 2 bridgehead atoms. The van der Waals surface area contributed by atoms with Crippen LogP contribution in [0, 0.1) is 11.6 Å².